The van der Waals surface area contributed by atoms with Gasteiger partial charge in [-0.05, 0) is 100 Å². The van der Waals surface area contributed by atoms with Gasteiger partial charge in [0.05, 0.1) is 11.1 Å². The summed E-state index contributed by atoms with van der Waals surface area (Å²) in [6.07, 6.45) is 10.8. The number of hydrogen-bond donors (Lipinski definition) is 0. The molecule has 7 aliphatic rings. The van der Waals surface area contributed by atoms with Crippen molar-refractivity contribution in [2.45, 2.75) is 87.6 Å². The molecule has 0 atom stereocenters. The molecule has 1 amide bonds. The zero-order valence-corrected chi connectivity index (χ0v) is 21.5. The van der Waals surface area contributed by atoms with E-state index in [-0.39, 0.29) is 16.7 Å². The highest BCUT2D eigenvalue weighted by molar-refractivity contribution is 9.10. The molecular weight excluding hydrogens is 493 g/mol. The van der Waals surface area contributed by atoms with E-state index in [1.807, 2.05) is 23.1 Å². The molecule has 1 aromatic carbocycles. The maximum Gasteiger partial charge on any atom is 0.233 e. The standard InChI is InChI=1S/C28H33BrFN3O/c1-32-22(19-5-6-19)14-23(31-32)26-10-7-25(8-11-26,9-12-26)18-33(21-4-2-3-20(29)13-21)24(34)27-15-28(30,16-27)17-27/h2-4,13-14,19H,5-12,15-18H2,1H3. The predicted molar refractivity (Wildman–Crippen MR) is 134 cm³/mol. The van der Waals surface area contributed by atoms with Crippen molar-refractivity contribution in [3.05, 3.63) is 46.2 Å². The number of aryl methyl sites for hydroxylation is 1. The quantitative estimate of drug-likeness (QED) is 0.427. The van der Waals surface area contributed by atoms with E-state index in [4.69, 9.17) is 5.10 Å². The number of aromatic nitrogens is 2. The summed E-state index contributed by atoms with van der Waals surface area (Å²) in [6.45, 7) is 0.759. The third-order valence-electron chi connectivity index (χ3n) is 10.1. The van der Waals surface area contributed by atoms with Crippen LogP contribution in [0.25, 0.3) is 0 Å². The number of rotatable bonds is 6. The average molecular weight is 526 g/mol. The van der Waals surface area contributed by atoms with Crippen molar-refractivity contribution < 1.29 is 9.18 Å². The van der Waals surface area contributed by atoms with Crippen molar-refractivity contribution >= 4 is 27.5 Å². The van der Waals surface area contributed by atoms with Crippen molar-refractivity contribution in [3.8, 4) is 0 Å². The first-order chi connectivity index (χ1) is 16.2. The van der Waals surface area contributed by atoms with Gasteiger partial charge in [-0.25, -0.2) is 4.39 Å². The molecule has 7 aliphatic carbocycles. The lowest BCUT2D eigenvalue weighted by Crippen LogP contribution is -2.71. The van der Waals surface area contributed by atoms with Gasteiger partial charge in [-0.1, -0.05) is 22.0 Å². The zero-order valence-electron chi connectivity index (χ0n) is 20.0. The van der Waals surface area contributed by atoms with E-state index < -0.39 is 11.1 Å². The molecular formula is C28H33BrFN3O. The first-order valence-corrected chi connectivity index (χ1v) is 13.8. The van der Waals surface area contributed by atoms with Crippen molar-refractivity contribution in [2.75, 3.05) is 11.4 Å². The molecule has 1 aromatic heterocycles. The van der Waals surface area contributed by atoms with Gasteiger partial charge in [-0.3, -0.25) is 9.48 Å². The van der Waals surface area contributed by atoms with Gasteiger partial charge in [0.15, 0.2) is 0 Å². The summed E-state index contributed by atoms with van der Waals surface area (Å²) in [7, 11) is 2.11. The minimum Gasteiger partial charge on any atom is -0.311 e. The molecule has 0 unspecified atom stereocenters. The maximum atomic E-state index is 14.3. The number of carbonyl (C=O) groups is 1. The molecule has 9 rings (SSSR count). The van der Waals surface area contributed by atoms with E-state index in [9.17, 15) is 9.18 Å². The van der Waals surface area contributed by atoms with E-state index in [1.165, 1.54) is 24.2 Å². The minimum atomic E-state index is -1.06. The van der Waals surface area contributed by atoms with Crippen LogP contribution in [0.15, 0.2) is 34.8 Å². The van der Waals surface area contributed by atoms with Gasteiger partial charge >= 0.3 is 0 Å². The zero-order chi connectivity index (χ0) is 23.3. The Morgan fingerprint density at radius 1 is 1.12 bits per heavy atom. The molecule has 1 heterocycles. The fraction of sp³-hybridized carbons (Fsp3) is 0.643. The van der Waals surface area contributed by atoms with Crippen LogP contribution in [0.3, 0.4) is 0 Å². The summed E-state index contributed by atoms with van der Waals surface area (Å²) in [5.74, 6) is 0.875. The summed E-state index contributed by atoms with van der Waals surface area (Å²) in [6, 6.07) is 10.5. The highest BCUT2D eigenvalue weighted by Gasteiger charge is 2.73. The molecule has 6 heteroatoms. The second-order valence-corrected chi connectivity index (χ2v) is 13.4. The molecule has 0 N–H and O–H groups in total. The van der Waals surface area contributed by atoms with Crippen LogP contribution in [0, 0.1) is 10.8 Å². The largest absolute Gasteiger partial charge is 0.311 e. The normalized spacial score (nSPS) is 37.7. The van der Waals surface area contributed by atoms with Gasteiger partial charge < -0.3 is 4.90 Å². The van der Waals surface area contributed by atoms with E-state index in [0.29, 0.717) is 19.3 Å². The fourth-order valence-corrected chi connectivity index (χ4v) is 8.21. The first-order valence-electron chi connectivity index (χ1n) is 13.0. The number of benzene rings is 1. The Kier molecular flexibility index (Phi) is 4.41. The average Bonchev–Trinajstić information content (AvgIpc) is 3.56. The number of halogens is 2. The summed E-state index contributed by atoms with van der Waals surface area (Å²) >= 11 is 3.59. The molecule has 2 aromatic rings. The maximum absolute atomic E-state index is 14.3. The second-order valence-electron chi connectivity index (χ2n) is 12.5. The number of nitrogens with zero attached hydrogens (tertiary/aromatic N) is 3. The van der Waals surface area contributed by atoms with E-state index >= 15 is 0 Å². The summed E-state index contributed by atoms with van der Waals surface area (Å²) in [4.78, 5) is 15.8. The lowest BCUT2D eigenvalue weighted by molar-refractivity contribution is -0.211. The van der Waals surface area contributed by atoms with Crippen LogP contribution in [0.1, 0.15) is 87.9 Å². The number of hydrogen-bond acceptors (Lipinski definition) is 2. The van der Waals surface area contributed by atoms with Gasteiger partial charge in [0.25, 0.3) is 0 Å². The Balaban J connectivity index is 1.13. The monoisotopic (exact) mass is 525 g/mol. The molecule has 180 valence electrons. The van der Waals surface area contributed by atoms with E-state index in [2.05, 4.69) is 39.8 Å². The topological polar surface area (TPSA) is 38.1 Å². The van der Waals surface area contributed by atoms with Crippen LogP contribution >= 0.6 is 15.9 Å². The van der Waals surface area contributed by atoms with Crippen LogP contribution < -0.4 is 4.90 Å². The molecule has 7 saturated carbocycles. The van der Waals surface area contributed by atoms with Crippen LogP contribution in [-0.4, -0.2) is 27.9 Å². The minimum absolute atomic E-state index is 0.153. The molecule has 4 nitrogen and oxygen atoms in total. The Morgan fingerprint density at radius 3 is 2.38 bits per heavy atom. The van der Waals surface area contributed by atoms with Gasteiger partial charge in [-0.15, -0.1) is 0 Å². The fourth-order valence-electron chi connectivity index (χ4n) is 7.82. The molecule has 0 radical (unpaired) electrons. The van der Waals surface area contributed by atoms with Crippen LogP contribution in [0.5, 0.6) is 0 Å². The number of alkyl halides is 1. The van der Waals surface area contributed by atoms with Crippen LogP contribution in [0.2, 0.25) is 0 Å². The van der Waals surface area contributed by atoms with Crippen LogP contribution in [0.4, 0.5) is 10.1 Å². The predicted octanol–water partition coefficient (Wildman–Crippen LogP) is 6.58. The SMILES string of the molecule is Cn1nc(C23CCC(CN(C(=O)C45CC(F)(C4)C5)c4cccc(Br)c4)(CC2)CC3)cc1C1CC1. The summed E-state index contributed by atoms with van der Waals surface area (Å²) in [5, 5.41) is 5.01. The smallest absolute Gasteiger partial charge is 0.233 e. The molecule has 7 fully saturated rings. The molecule has 0 spiro atoms. The Hall–Kier alpha value is -1.69. The van der Waals surface area contributed by atoms with Gasteiger partial charge in [0.2, 0.25) is 5.91 Å². The first kappa shape index (κ1) is 21.6. The van der Waals surface area contributed by atoms with Gasteiger partial charge in [0, 0.05) is 40.8 Å². The van der Waals surface area contributed by atoms with E-state index in [1.54, 1.807) is 0 Å². The number of fused-ring (bicyclic) bond motifs is 3. The summed E-state index contributed by atoms with van der Waals surface area (Å²) < 4.78 is 17.4. The lowest BCUT2D eigenvalue weighted by Gasteiger charge is -2.65. The highest BCUT2D eigenvalue weighted by atomic mass is 79.9. The van der Waals surface area contributed by atoms with Gasteiger partial charge in [-0.2, -0.15) is 5.10 Å². The third-order valence-corrected chi connectivity index (χ3v) is 10.6. The molecule has 0 aliphatic heterocycles. The molecule has 0 saturated heterocycles. The van der Waals surface area contributed by atoms with Crippen molar-refractivity contribution in [2.24, 2.45) is 17.9 Å². The van der Waals surface area contributed by atoms with Gasteiger partial charge in [0.1, 0.15) is 5.67 Å². The number of anilines is 1. The van der Waals surface area contributed by atoms with Crippen molar-refractivity contribution in [1.82, 2.24) is 9.78 Å². The van der Waals surface area contributed by atoms with E-state index in [0.717, 1.165) is 61.1 Å². The second kappa shape index (κ2) is 6.96. The highest BCUT2D eigenvalue weighted by Crippen LogP contribution is 2.70. The lowest BCUT2D eigenvalue weighted by atomic mass is 9.41. The summed E-state index contributed by atoms with van der Waals surface area (Å²) in [5.41, 5.74) is 2.54. The van der Waals surface area contributed by atoms with Crippen molar-refractivity contribution in [3.63, 3.8) is 0 Å². The third kappa shape index (κ3) is 3.12. The molecule has 34 heavy (non-hydrogen) atoms. The van der Waals surface area contributed by atoms with Crippen molar-refractivity contribution in [1.29, 1.82) is 0 Å². The Morgan fingerprint density at radius 2 is 1.79 bits per heavy atom. The number of amides is 1. The van der Waals surface area contributed by atoms with Crippen LogP contribution in [-0.2, 0) is 17.3 Å². The molecule has 4 bridgehead atoms. The Bertz CT molecular complexity index is 1140. The Labute approximate surface area is 209 Å². The number of carbonyl (C=O) groups excluding carboxylic acids is 1.